The summed E-state index contributed by atoms with van der Waals surface area (Å²) in [6.45, 7) is 0.479. The first-order chi connectivity index (χ1) is 12.2. The van der Waals surface area contributed by atoms with Crippen LogP contribution in [0.2, 0.25) is 0 Å². The number of nitrogens with one attached hydrogen (secondary N) is 1. The molecule has 1 N–H and O–H groups in total. The summed E-state index contributed by atoms with van der Waals surface area (Å²) in [5.41, 5.74) is 1.65. The number of rotatable bonds is 5. The van der Waals surface area contributed by atoms with Crippen LogP contribution >= 0.6 is 15.9 Å². The summed E-state index contributed by atoms with van der Waals surface area (Å²) in [5.74, 6) is 0.488. The first-order valence-corrected chi connectivity index (χ1v) is 8.52. The van der Waals surface area contributed by atoms with Crippen LogP contribution in [0.4, 0.5) is 0 Å². The van der Waals surface area contributed by atoms with E-state index in [4.69, 9.17) is 10.00 Å². The first kappa shape index (κ1) is 17.0. The molecule has 124 valence electrons. The molecular formula is C20H15BrN2O2. The SMILES string of the molecule is N#CCOc1ccc2cc(C(=O)NCc3ccccc3)ccc2c1Br. The van der Waals surface area contributed by atoms with Crippen molar-refractivity contribution in [3.05, 3.63) is 76.3 Å². The van der Waals surface area contributed by atoms with Gasteiger partial charge in [-0.2, -0.15) is 5.26 Å². The van der Waals surface area contributed by atoms with E-state index >= 15 is 0 Å². The third-order valence-electron chi connectivity index (χ3n) is 3.77. The smallest absolute Gasteiger partial charge is 0.251 e. The highest BCUT2D eigenvalue weighted by atomic mass is 79.9. The lowest BCUT2D eigenvalue weighted by Gasteiger charge is -2.10. The molecule has 0 saturated carbocycles. The van der Waals surface area contributed by atoms with Crippen molar-refractivity contribution < 1.29 is 9.53 Å². The molecule has 4 nitrogen and oxygen atoms in total. The molecule has 0 radical (unpaired) electrons. The van der Waals surface area contributed by atoms with Gasteiger partial charge in [0.25, 0.3) is 5.91 Å². The van der Waals surface area contributed by atoms with E-state index < -0.39 is 0 Å². The highest BCUT2D eigenvalue weighted by Crippen LogP contribution is 2.33. The maximum atomic E-state index is 12.4. The Bertz CT molecular complexity index is 949. The molecule has 1 amide bonds. The van der Waals surface area contributed by atoms with Crippen LogP contribution in [0.15, 0.2) is 65.1 Å². The van der Waals surface area contributed by atoms with E-state index in [2.05, 4.69) is 21.2 Å². The van der Waals surface area contributed by atoms with Crippen molar-refractivity contribution in [2.45, 2.75) is 6.54 Å². The number of benzene rings is 3. The number of carbonyl (C=O) groups is 1. The molecule has 3 rings (SSSR count). The van der Waals surface area contributed by atoms with Crippen molar-refractivity contribution in [3.63, 3.8) is 0 Å². The fraction of sp³-hybridized carbons (Fsp3) is 0.100. The number of nitriles is 1. The molecule has 0 unspecified atom stereocenters. The third-order valence-corrected chi connectivity index (χ3v) is 4.59. The lowest BCUT2D eigenvalue weighted by molar-refractivity contribution is 0.0951. The molecule has 25 heavy (non-hydrogen) atoms. The van der Waals surface area contributed by atoms with Gasteiger partial charge in [-0.15, -0.1) is 0 Å². The Morgan fingerprint density at radius 2 is 1.92 bits per heavy atom. The molecule has 0 saturated heterocycles. The molecule has 0 spiro atoms. The minimum atomic E-state index is -0.119. The highest BCUT2D eigenvalue weighted by Gasteiger charge is 2.10. The van der Waals surface area contributed by atoms with Crippen LogP contribution in [0.3, 0.4) is 0 Å². The summed E-state index contributed by atoms with van der Waals surface area (Å²) < 4.78 is 6.15. The Hall–Kier alpha value is -2.84. The number of hydrogen-bond acceptors (Lipinski definition) is 3. The Morgan fingerprint density at radius 1 is 1.12 bits per heavy atom. The number of nitrogens with zero attached hydrogens (tertiary/aromatic N) is 1. The Morgan fingerprint density at radius 3 is 2.68 bits per heavy atom. The van der Waals surface area contributed by atoms with Gasteiger partial charge in [-0.25, -0.2) is 0 Å². The van der Waals surface area contributed by atoms with Gasteiger partial charge in [-0.05, 0) is 50.5 Å². The summed E-state index contributed by atoms with van der Waals surface area (Å²) in [6, 6.07) is 20.9. The zero-order valence-corrected chi connectivity index (χ0v) is 14.9. The summed E-state index contributed by atoms with van der Waals surface area (Å²) >= 11 is 3.50. The maximum absolute atomic E-state index is 12.4. The van der Waals surface area contributed by atoms with E-state index in [1.165, 1.54) is 0 Å². The summed E-state index contributed by atoms with van der Waals surface area (Å²) in [7, 11) is 0. The topological polar surface area (TPSA) is 62.1 Å². The average Bonchev–Trinajstić information content (AvgIpc) is 2.66. The maximum Gasteiger partial charge on any atom is 0.251 e. The molecule has 5 heteroatoms. The molecule has 3 aromatic carbocycles. The minimum absolute atomic E-state index is 0.00984. The van der Waals surface area contributed by atoms with Gasteiger partial charge in [0.05, 0.1) is 4.47 Å². The van der Waals surface area contributed by atoms with E-state index in [1.54, 1.807) is 12.1 Å². The molecule has 0 aromatic heterocycles. The van der Waals surface area contributed by atoms with E-state index in [9.17, 15) is 4.79 Å². The summed E-state index contributed by atoms with van der Waals surface area (Å²) in [6.07, 6.45) is 0. The average molecular weight is 395 g/mol. The fourth-order valence-corrected chi connectivity index (χ4v) is 3.12. The van der Waals surface area contributed by atoms with E-state index in [1.807, 2.05) is 54.6 Å². The molecule has 0 bridgehead atoms. The molecule has 3 aromatic rings. The van der Waals surface area contributed by atoms with E-state index in [0.717, 1.165) is 20.8 Å². The Kier molecular flexibility index (Phi) is 5.32. The highest BCUT2D eigenvalue weighted by molar-refractivity contribution is 9.10. The van der Waals surface area contributed by atoms with Crippen molar-refractivity contribution in [1.29, 1.82) is 5.26 Å². The van der Waals surface area contributed by atoms with Crippen LogP contribution in [-0.2, 0) is 6.54 Å². The summed E-state index contributed by atoms with van der Waals surface area (Å²) in [5, 5.41) is 13.4. The van der Waals surface area contributed by atoms with Crippen molar-refractivity contribution in [3.8, 4) is 11.8 Å². The predicted molar refractivity (Wildman–Crippen MR) is 100 cm³/mol. The normalized spacial score (nSPS) is 10.2. The quantitative estimate of drug-likeness (QED) is 0.695. The second-order valence-electron chi connectivity index (χ2n) is 5.43. The number of carbonyl (C=O) groups excluding carboxylic acids is 1. The lowest BCUT2D eigenvalue weighted by atomic mass is 10.1. The van der Waals surface area contributed by atoms with Gasteiger partial charge in [0, 0.05) is 12.1 Å². The minimum Gasteiger partial charge on any atom is -0.478 e. The van der Waals surface area contributed by atoms with Gasteiger partial charge in [-0.3, -0.25) is 4.79 Å². The number of fused-ring (bicyclic) bond motifs is 1. The van der Waals surface area contributed by atoms with Crippen molar-refractivity contribution in [2.75, 3.05) is 6.61 Å². The van der Waals surface area contributed by atoms with Gasteiger partial charge in [0.2, 0.25) is 0 Å². The molecule has 0 aliphatic rings. The first-order valence-electron chi connectivity index (χ1n) is 7.73. The number of amides is 1. The second kappa shape index (κ2) is 7.82. The summed E-state index contributed by atoms with van der Waals surface area (Å²) in [4.78, 5) is 12.4. The van der Waals surface area contributed by atoms with E-state index in [-0.39, 0.29) is 12.5 Å². The second-order valence-corrected chi connectivity index (χ2v) is 6.22. The van der Waals surface area contributed by atoms with Crippen molar-refractivity contribution in [1.82, 2.24) is 5.32 Å². The van der Waals surface area contributed by atoms with Crippen molar-refractivity contribution in [2.24, 2.45) is 0 Å². The van der Waals surface area contributed by atoms with Crippen LogP contribution in [0, 0.1) is 11.3 Å². The van der Waals surface area contributed by atoms with Crippen LogP contribution in [-0.4, -0.2) is 12.5 Å². The van der Waals surface area contributed by atoms with Crippen molar-refractivity contribution >= 4 is 32.6 Å². The number of ether oxygens (including phenoxy) is 1. The zero-order chi connectivity index (χ0) is 17.6. The molecule has 0 atom stereocenters. The van der Waals surface area contributed by atoms with Crippen LogP contribution < -0.4 is 10.1 Å². The van der Waals surface area contributed by atoms with Crippen LogP contribution in [0.25, 0.3) is 10.8 Å². The molecule has 0 aliphatic heterocycles. The van der Waals surface area contributed by atoms with Gasteiger partial charge < -0.3 is 10.1 Å². The van der Waals surface area contributed by atoms with Crippen LogP contribution in [0.1, 0.15) is 15.9 Å². The lowest BCUT2D eigenvalue weighted by Crippen LogP contribution is -2.22. The van der Waals surface area contributed by atoms with E-state index in [0.29, 0.717) is 17.9 Å². The number of hydrogen-bond donors (Lipinski definition) is 1. The molecule has 0 aliphatic carbocycles. The third kappa shape index (κ3) is 3.98. The standard InChI is InChI=1S/C20H15BrN2O2/c21-19-17-8-6-16(12-15(17)7-9-18(19)25-11-10-22)20(24)23-13-14-4-2-1-3-5-14/h1-9,12H,11,13H2,(H,23,24). The van der Waals surface area contributed by atoms with Gasteiger partial charge in [-0.1, -0.05) is 42.5 Å². The monoisotopic (exact) mass is 394 g/mol. The molecular weight excluding hydrogens is 380 g/mol. The Labute approximate surface area is 154 Å². The predicted octanol–water partition coefficient (Wildman–Crippen LogP) is 4.43. The van der Waals surface area contributed by atoms with Gasteiger partial charge in [0.1, 0.15) is 11.8 Å². The largest absolute Gasteiger partial charge is 0.478 e. The number of halogens is 1. The Balaban J connectivity index is 1.79. The molecule has 0 heterocycles. The zero-order valence-electron chi connectivity index (χ0n) is 13.3. The van der Waals surface area contributed by atoms with Crippen LogP contribution in [0.5, 0.6) is 5.75 Å². The molecule has 0 fully saturated rings. The van der Waals surface area contributed by atoms with Gasteiger partial charge >= 0.3 is 0 Å². The van der Waals surface area contributed by atoms with Gasteiger partial charge in [0.15, 0.2) is 6.61 Å². The fourth-order valence-electron chi connectivity index (χ4n) is 2.51.